The smallest absolute Gasteiger partial charge is 0.264 e. The average Bonchev–Trinajstić information content (AvgIpc) is 3.30. The second-order valence-electron chi connectivity index (χ2n) is 8.15. The van der Waals surface area contributed by atoms with Crippen LogP contribution in [0.25, 0.3) is 0 Å². The summed E-state index contributed by atoms with van der Waals surface area (Å²) < 4.78 is 40.9. The molecule has 2 aromatic carbocycles. The number of sulfonamides is 1. The van der Waals surface area contributed by atoms with Crippen molar-refractivity contribution >= 4 is 21.6 Å². The summed E-state index contributed by atoms with van der Waals surface area (Å²) in [5, 5.41) is 3.05. The minimum atomic E-state index is -4.02. The molecule has 4 rings (SSSR count). The van der Waals surface area contributed by atoms with Crippen molar-refractivity contribution in [2.24, 2.45) is 11.8 Å². The van der Waals surface area contributed by atoms with Crippen LogP contribution in [0.2, 0.25) is 0 Å². The van der Waals surface area contributed by atoms with E-state index in [9.17, 15) is 17.6 Å². The Morgan fingerprint density at radius 3 is 2.34 bits per heavy atom. The number of fused-ring (bicyclic) bond motifs is 2. The van der Waals surface area contributed by atoms with Gasteiger partial charge in [-0.3, -0.25) is 9.10 Å². The summed E-state index contributed by atoms with van der Waals surface area (Å²) in [5.41, 5.74) is 1.39. The number of anilines is 1. The number of amides is 1. The summed E-state index contributed by atoms with van der Waals surface area (Å²) in [7, 11) is -4.02. The van der Waals surface area contributed by atoms with E-state index in [-0.39, 0.29) is 23.4 Å². The first-order valence-corrected chi connectivity index (χ1v) is 11.4. The van der Waals surface area contributed by atoms with Crippen LogP contribution >= 0.6 is 0 Å². The molecular weight excluding hydrogens is 391 g/mol. The van der Waals surface area contributed by atoms with Crippen molar-refractivity contribution in [3.63, 3.8) is 0 Å². The van der Waals surface area contributed by atoms with Gasteiger partial charge in [0, 0.05) is 6.04 Å². The maximum atomic E-state index is 13.3. The first kappa shape index (κ1) is 19.9. The molecule has 0 saturated heterocycles. The molecular formula is C22H25FN2O3S. The number of hydrogen-bond acceptors (Lipinski definition) is 3. The van der Waals surface area contributed by atoms with E-state index >= 15 is 0 Å². The fraction of sp³-hybridized carbons (Fsp3) is 0.409. The third-order valence-corrected chi connectivity index (χ3v) is 7.88. The van der Waals surface area contributed by atoms with Crippen molar-refractivity contribution in [2.45, 2.75) is 43.5 Å². The molecule has 1 N–H and O–H groups in total. The average molecular weight is 417 g/mol. The van der Waals surface area contributed by atoms with Gasteiger partial charge in [-0.15, -0.1) is 0 Å². The third-order valence-electron chi connectivity index (χ3n) is 6.10. The summed E-state index contributed by atoms with van der Waals surface area (Å²) in [6.07, 6.45) is 4.49. The maximum absolute atomic E-state index is 13.3. The number of nitrogens with one attached hydrogen (secondary N) is 1. The number of benzene rings is 2. The minimum absolute atomic E-state index is 0.0489. The second kappa shape index (κ2) is 7.78. The molecule has 154 valence electrons. The number of halogens is 1. The van der Waals surface area contributed by atoms with Crippen LogP contribution in [0.15, 0.2) is 53.4 Å². The summed E-state index contributed by atoms with van der Waals surface area (Å²) >= 11 is 0. The highest BCUT2D eigenvalue weighted by molar-refractivity contribution is 7.92. The molecule has 2 aliphatic carbocycles. The Kier molecular flexibility index (Phi) is 5.34. The Morgan fingerprint density at radius 2 is 1.76 bits per heavy atom. The molecule has 2 saturated carbocycles. The molecule has 1 amide bonds. The van der Waals surface area contributed by atoms with Crippen LogP contribution in [0.1, 0.15) is 31.2 Å². The van der Waals surface area contributed by atoms with Crippen LogP contribution in [0.3, 0.4) is 0 Å². The van der Waals surface area contributed by atoms with Crippen LogP contribution < -0.4 is 9.62 Å². The molecule has 2 fully saturated rings. The van der Waals surface area contributed by atoms with E-state index in [1.54, 1.807) is 24.3 Å². The van der Waals surface area contributed by atoms with Crippen molar-refractivity contribution in [3.8, 4) is 0 Å². The molecule has 0 unspecified atom stereocenters. The van der Waals surface area contributed by atoms with E-state index in [0.29, 0.717) is 17.5 Å². The Hall–Kier alpha value is -2.41. The van der Waals surface area contributed by atoms with Crippen molar-refractivity contribution < 1.29 is 17.6 Å². The standard InChI is InChI=1S/C22H25FN2O3S/c1-15-2-8-19(9-3-15)25(29(27,28)20-10-6-18(23)7-11-20)14-22(26)24-21-13-16-4-5-17(21)12-16/h2-3,6-11,16-17,21H,4-5,12-14H2,1H3,(H,24,26)/t16-,17+,21-/m1/s1. The van der Waals surface area contributed by atoms with Crippen molar-refractivity contribution in [3.05, 3.63) is 59.9 Å². The van der Waals surface area contributed by atoms with Crippen LogP contribution in [0.5, 0.6) is 0 Å². The van der Waals surface area contributed by atoms with Gasteiger partial charge in [-0.2, -0.15) is 0 Å². The van der Waals surface area contributed by atoms with Gasteiger partial charge in [0.05, 0.1) is 10.6 Å². The molecule has 0 radical (unpaired) electrons. The molecule has 0 spiro atoms. The van der Waals surface area contributed by atoms with Crippen molar-refractivity contribution in [1.82, 2.24) is 5.32 Å². The maximum Gasteiger partial charge on any atom is 0.264 e. The zero-order valence-electron chi connectivity index (χ0n) is 16.3. The fourth-order valence-electron chi connectivity index (χ4n) is 4.56. The molecule has 0 aliphatic heterocycles. The molecule has 3 atom stereocenters. The number of carbonyl (C=O) groups excluding carboxylic acids is 1. The van der Waals surface area contributed by atoms with Gasteiger partial charge in [0.25, 0.3) is 10.0 Å². The van der Waals surface area contributed by atoms with Gasteiger partial charge in [0.2, 0.25) is 5.91 Å². The largest absolute Gasteiger partial charge is 0.352 e. The lowest BCUT2D eigenvalue weighted by molar-refractivity contribution is -0.120. The quantitative estimate of drug-likeness (QED) is 0.782. The van der Waals surface area contributed by atoms with Gasteiger partial charge in [0.1, 0.15) is 12.4 Å². The first-order valence-electron chi connectivity index (χ1n) is 9.97. The Labute approximate surface area is 171 Å². The topological polar surface area (TPSA) is 66.5 Å². The number of rotatable bonds is 6. The van der Waals surface area contributed by atoms with E-state index in [2.05, 4.69) is 5.32 Å². The van der Waals surface area contributed by atoms with Crippen LogP contribution in [0.4, 0.5) is 10.1 Å². The number of nitrogens with zero attached hydrogens (tertiary/aromatic N) is 1. The monoisotopic (exact) mass is 416 g/mol. The van der Waals surface area contributed by atoms with E-state index in [0.717, 1.165) is 41.3 Å². The van der Waals surface area contributed by atoms with E-state index in [1.807, 2.05) is 6.92 Å². The molecule has 0 heterocycles. The normalized spacial score (nSPS) is 23.2. The lowest BCUT2D eigenvalue weighted by atomic mass is 9.95. The minimum Gasteiger partial charge on any atom is -0.352 e. The molecule has 29 heavy (non-hydrogen) atoms. The highest BCUT2D eigenvalue weighted by Gasteiger charge is 2.40. The molecule has 2 bridgehead atoms. The lowest BCUT2D eigenvalue weighted by Crippen LogP contribution is -2.46. The van der Waals surface area contributed by atoms with Gasteiger partial charge in [-0.1, -0.05) is 24.1 Å². The highest BCUT2D eigenvalue weighted by Crippen LogP contribution is 2.44. The number of aryl methyl sites for hydroxylation is 1. The Bertz CT molecular complexity index is 990. The van der Waals surface area contributed by atoms with Gasteiger partial charge in [-0.25, -0.2) is 12.8 Å². The predicted octanol–water partition coefficient (Wildman–Crippen LogP) is 3.63. The lowest BCUT2D eigenvalue weighted by Gasteiger charge is -2.27. The zero-order valence-corrected chi connectivity index (χ0v) is 17.2. The Balaban J connectivity index is 1.59. The summed E-state index contributed by atoms with van der Waals surface area (Å²) in [4.78, 5) is 12.7. The molecule has 0 aromatic heterocycles. The fourth-order valence-corrected chi connectivity index (χ4v) is 5.99. The predicted molar refractivity (Wildman–Crippen MR) is 109 cm³/mol. The van der Waals surface area contributed by atoms with Gasteiger partial charge >= 0.3 is 0 Å². The molecule has 2 aliphatic rings. The first-order chi connectivity index (χ1) is 13.8. The molecule has 5 nitrogen and oxygen atoms in total. The number of carbonyl (C=O) groups is 1. The Morgan fingerprint density at radius 1 is 1.07 bits per heavy atom. The second-order valence-corrected chi connectivity index (χ2v) is 10.0. The third kappa shape index (κ3) is 4.15. The van der Waals surface area contributed by atoms with Crippen molar-refractivity contribution in [1.29, 1.82) is 0 Å². The SMILES string of the molecule is Cc1ccc(N(CC(=O)N[C@@H]2C[C@@H]3CC[C@H]2C3)S(=O)(=O)c2ccc(F)cc2)cc1. The molecule has 7 heteroatoms. The van der Waals surface area contributed by atoms with E-state index in [1.165, 1.54) is 18.6 Å². The van der Waals surface area contributed by atoms with Crippen LogP contribution in [0, 0.1) is 24.6 Å². The zero-order chi connectivity index (χ0) is 20.6. The van der Waals surface area contributed by atoms with Gasteiger partial charge in [0.15, 0.2) is 0 Å². The summed E-state index contributed by atoms with van der Waals surface area (Å²) in [6.45, 7) is 1.60. The van der Waals surface area contributed by atoms with Gasteiger partial charge < -0.3 is 5.32 Å². The highest BCUT2D eigenvalue weighted by atomic mass is 32.2. The van der Waals surface area contributed by atoms with Crippen molar-refractivity contribution in [2.75, 3.05) is 10.8 Å². The number of hydrogen-bond donors (Lipinski definition) is 1. The van der Waals surface area contributed by atoms with Crippen LogP contribution in [-0.4, -0.2) is 26.9 Å². The van der Waals surface area contributed by atoms with Crippen LogP contribution in [-0.2, 0) is 14.8 Å². The van der Waals surface area contributed by atoms with Gasteiger partial charge in [-0.05, 0) is 74.4 Å². The summed E-state index contributed by atoms with van der Waals surface area (Å²) in [6, 6.07) is 11.8. The summed E-state index contributed by atoms with van der Waals surface area (Å²) in [5.74, 6) is 0.362. The van der Waals surface area contributed by atoms with E-state index < -0.39 is 15.8 Å². The van der Waals surface area contributed by atoms with E-state index in [4.69, 9.17) is 0 Å². The molecule has 2 aromatic rings.